The smallest absolute Gasteiger partial charge is 0.144 e. The number of nitrogens with zero attached hydrogens (tertiary/aromatic N) is 1. The quantitative estimate of drug-likeness (QED) is 0.661. The summed E-state index contributed by atoms with van der Waals surface area (Å²) >= 11 is 0. The second-order valence-corrected chi connectivity index (χ2v) is 7.13. The number of hydrogen-bond acceptors (Lipinski definition) is 1. The van der Waals surface area contributed by atoms with Crippen molar-refractivity contribution in [1.29, 1.82) is 0 Å². The van der Waals surface area contributed by atoms with E-state index in [1.807, 2.05) is 20.8 Å². The summed E-state index contributed by atoms with van der Waals surface area (Å²) in [5, 5.41) is 0. The largest absolute Gasteiger partial charge is 0.234 e. The Hall–Kier alpha value is -0.180. The Morgan fingerprint density at radius 1 is 1.43 bits per heavy atom. The molecule has 0 bridgehead atoms. The Bertz CT molecular complexity index is 253. The molecule has 1 aliphatic carbocycles. The van der Waals surface area contributed by atoms with Crippen LogP contribution in [-0.2, 0) is 11.0 Å². The zero-order chi connectivity index (χ0) is 10.8. The Labute approximate surface area is 89.8 Å². The molecule has 0 aliphatic heterocycles. The van der Waals surface area contributed by atoms with Gasteiger partial charge in [-0.1, -0.05) is 6.92 Å². The first-order valence-electron chi connectivity index (χ1n) is 5.38. The third kappa shape index (κ3) is 3.52. The van der Waals surface area contributed by atoms with Crippen LogP contribution in [0.1, 0.15) is 53.4 Å². The molecular weight excluding hydrogens is 194 g/mol. The van der Waals surface area contributed by atoms with E-state index in [-0.39, 0.29) is 4.75 Å². The standard InChI is InChI=1S/C11H21NOS/c1-9-6-5-7-10(8-9)12-14(13)11(2,3)4/h9H,5-8H2,1-4H3/b12-10+/t9-,14?/m1/s1. The molecule has 2 nitrogen and oxygen atoms in total. The van der Waals surface area contributed by atoms with Crippen molar-refractivity contribution in [3.8, 4) is 0 Å². The number of rotatable bonds is 1. The second kappa shape index (κ2) is 4.56. The first kappa shape index (κ1) is 11.9. The summed E-state index contributed by atoms with van der Waals surface area (Å²) in [6.07, 6.45) is 4.59. The van der Waals surface area contributed by atoms with E-state index in [9.17, 15) is 4.21 Å². The summed E-state index contributed by atoms with van der Waals surface area (Å²) < 4.78 is 15.9. The van der Waals surface area contributed by atoms with Gasteiger partial charge in [0, 0.05) is 5.71 Å². The summed E-state index contributed by atoms with van der Waals surface area (Å²) in [6, 6.07) is 0. The van der Waals surface area contributed by atoms with Gasteiger partial charge >= 0.3 is 0 Å². The van der Waals surface area contributed by atoms with Crippen molar-refractivity contribution in [2.24, 2.45) is 10.3 Å². The van der Waals surface area contributed by atoms with Crippen LogP contribution in [0.15, 0.2) is 4.40 Å². The molecule has 1 fully saturated rings. The number of hydrogen-bond donors (Lipinski definition) is 0. The predicted molar refractivity (Wildman–Crippen MR) is 63.0 cm³/mol. The molecule has 0 aromatic heterocycles. The lowest BCUT2D eigenvalue weighted by atomic mass is 9.89. The Morgan fingerprint density at radius 3 is 2.57 bits per heavy atom. The maximum atomic E-state index is 11.8. The highest BCUT2D eigenvalue weighted by atomic mass is 32.2. The van der Waals surface area contributed by atoms with E-state index >= 15 is 0 Å². The molecule has 0 spiro atoms. The van der Waals surface area contributed by atoms with Crippen molar-refractivity contribution in [1.82, 2.24) is 0 Å². The molecule has 2 atom stereocenters. The monoisotopic (exact) mass is 215 g/mol. The Balaban J connectivity index is 2.63. The van der Waals surface area contributed by atoms with Crippen molar-refractivity contribution >= 4 is 16.7 Å². The third-order valence-electron chi connectivity index (χ3n) is 2.48. The van der Waals surface area contributed by atoms with Crippen LogP contribution < -0.4 is 0 Å². The van der Waals surface area contributed by atoms with Crippen LogP contribution in [0.3, 0.4) is 0 Å². The molecule has 3 heteroatoms. The van der Waals surface area contributed by atoms with E-state index < -0.39 is 11.0 Å². The molecule has 1 saturated carbocycles. The zero-order valence-electron chi connectivity index (χ0n) is 9.67. The SMILES string of the molecule is C[C@@H]1CCC/C(=N\S(=O)C(C)(C)C)C1. The summed E-state index contributed by atoms with van der Waals surface area (Å²) in [5.41, 5.74) is 1.16. The molecule has 1 rings (SSSR count). The van der Waals surface area contributed by atoms with Crippen LogP contribution in [-0.4, -0.2) is 14.7 Å². The molecule has 0 amide bonds. The maximum absolute atomic E-state index is 11.8. The van der Waals surface area contributed by atoms with Gasteiger partial charge in [-0.2, -0.15) is 4.40 Å². The molecule has 82 valence electrons. The highest BCUT2D eigenvalue weighted by molar-refractivity contribution is 7.85. The first-order chi connectivity index (χ1) is 6.39. The minimum atomic E-state index is -1.06. The topological polar surface area (TPSA) is 29.4 Å². The maximum Gasteiger partial charge on any atom is 0.144 e. The van der Waals surface area contributed by atoms with Crippen LogP contribution in [0.5, 0.6) is 0 Å². The summed E-state index contributed by atoms with van der Waals surface area (Å²) in [7, 11) is -1.06. The highest BCUT2D eigenvalue weighted by Crippen LogP contribution is 2.23. The average Bonchev–Trinajstić information content (AvgIpc) is 2.02. The Morgan fingerprint density at radius 2 is 2.07 bits per heavy atom. The highest BCUT2D eigenvalue weighted by Gasteiger charge is 2.21. The van der Waals surface area contributed by atoms with Crippen LogP contribution in [0.25, 0.3) is 0 Å². The zero-order valence-corrected chi connectivity index (χ0v) is 10.5. The molecule has 0 saturated heterocycles. The molecule has 1 unspecified atom stereocenters. The van der Waals surface area contributed by atoms with Crippen molar-refractivity contribution in [3.05, 3.63) is 0 Å². The molecular formula is C11H21NOS. The fourth-order valence-corrected chi connectivity index (χ4v) is 2.27. The van der Waals surface area contributed by atoms with E-state index in [2.05, 4.69) is 11.3 Å². The van der Waals surface area contributed by atoms with Gasteiger partial charge in [0.15, 0.2) is 0 Å². The fourth-order valence-electron chi connectivity index (χ4n) is 1.60. The van der Waals surface area contributed by atoms with Gasteiger partial charge in [0.25, 0.3) is 0 Å². The fraction of sp³-hybridized carbons (Fsp3) is 0.909. The van der Waals surface area contributed by atoms with Crippen molar-refractivity contribution < 1.29 is 4.21 Å². The molecule has 0 heterocycles. The lowest BCUT2D eigenvalue weighted by Gasteiger charge is -2.21. The van der Waals surface area contributed by atoms with E-state index in [4.69, 9.17) is 0 Å². The molecule has 0 aromatic rings. The van der Waals surface area contributed by atoms with Gasteiger partial charge in [0.05, 0.1) is 4.75 Å². The van der Waals surface area contributed by atoms with E-state index in [0.29, 0.717) is 0 Å². The van der Waals surface area contributed by atoms with Gasteiger partial charge in [-0.3, -0.25) is 0 Å². The lowest BCUT2D eigenvalue weighted by Crippen LogP contribution is -2.22. The van der Waals surface area contributed by atoms with Crippen molar-refractivity contribution in [2.75, 3.05) is 0 Å². The summed E-state index contributed by atoms with van der Waals surface area (Å²) in [6.45, 7) is 8.16. The van der Waals surface area contributed by atoms with Gasteiger partial charge in [-0.25, -0.2) is 4.21 Å². The van der Waals surface area contributed by atoms with Crippen LogP contribution >= 0.6 is 0 Å². The van der Waals surface area contributed by atoms with Crippen LogP contribution in [0.4, 0.5) is 0 Å². The van der Waals surface area contributed by atoms with Crippen LogP contribution in [0, 0.1) is 5.92 Å². The van der Waals surface area contributed by atoms with Gasteiger partial charge < -0.3 is 0 Å². The van der Waals surface area contributed by atoms with E-state index in [0.717, 1.165) is 24.5 Å². The van der Waals surface area contributed by atoms with Gasteiger partial charge in [-0.05, 0) is 52.4 Å². The van der Waals surface area contributed by atoms with E-state index in [1.165, 1.54) is 12.8 Å². The lowest BCUT2D eigenvalue weighted by molar-refractivity contribution is 0.501. The summed E-state index contributed by atoms with van der Waals surface area (Å²) in [4.78, 5) is 0. The minimum Gasteiger partial charge on any atom is -0.234 e. The normalized spacial score (nSPS) is 29.1. The predicted octanol–water partition coefficient (Wildman–Crippen LogP) is 3.10. The van der Waals surface area contributed by atoms with Gasteiger partial charge in [0.1, 0.15) is 11.0 Å². The van der Waals surface area contributed by atoms with Gasteiger partial charge in [-0.15, -0.1) is 0 Å². The second-order valence-electron chi connectivity index (χ2n) is 5.22. The third-order valence-corrected chi connectivity index (χ3v) is 3.95. The van der Waals surface area contributed by atoms with Gasteiger partial charge in [0.2, 0.25) is 0 Å². The molecule has 0 radical (unpaired) electrons. The first-order valence-corrected chi connectivity index (χ1v) is 6.48. The van der Waals surface area contributed by atoms with E-state index in [1.54, 1.807) is 0 Å². The molecule has 0 aromatic carbocycles. The minimum absolute atomic E-state index is 0.215. The average molecular weight is 215 g/mol. The Kier molecular flexibility index (Phi) is 3.87. The van der Waals surface area contributed by atoms with Crippen LogP contribution in [0.2, 0.25) is 0 Å². The van der Waals surface area contributed by atoms with Crippen molar-refractivity contribution in [2.45, 2.75) is 58.1 Å². The molecule has 1 aliphatic rings. The molecule has 0 N–H and O–H groups in total. The van der Waals surface area contributed by atoms with Crippen molar-refractivity contribution in [3.63, 3.8) is 0 Å². The molecule has 14 heavy (non-hydrogen) atoms. The summed E-state index contributed by atoms with van der Waals surface area (Å²) in [5.74, 6) is 0.722.